The molecule has 1 rings (SSSR count). The Balaban J connectivity index is 2.47. The van der Waals surface area contributed by atoms with Gasteiger partial charge in [-0.25, -0.2) is 0 Å². The number of hydrogen-bond donors (Lipinski definition) is 2. The van der Waals surface area contributed by atoms with Crippen LogP contribution in [0.4, 0.5) is 0 Å². The lowest BCUT2D eigenvalue weighted by Crippen LogP contribution is -2.40. The maximum Gasteiger partial charge on any atom is 0.320 e. The molecule has 1 atom stereocenters. The van der Waals surface area contributed by atoms with Crippen molar-refractivity contribution in [2.24, 2.45) is 5.73 Å². The van der Waals surface area contributed by atoms with Crippen LogP contribution in [0.15, 0.2) is 30.3 Å². The van der Waals surface area contributed by atoms with Crippen LogP contribution in [0.25, 0.3) is 0 Å². The molecule has 4 heteroatoms. The molecule has 0 heterocycles. The summed E-state index contributed by atoms with van der Waals surface area (Å²) in [5.74, 6) is -0.800. The maximum atomic E-state index is 11.0. The number of nitrogens with zero attached hydrogens (tertiary/aromatic N) is 1. The van der Waals surface area contributed by atoms with Crippen LogP contribution in [-0.4, -0.2) is 42.2 Å². The standard InChI is InChI=1S/C13H20N2O2/c1-15(12(7-9-14)13(16)17)10-8-11-5-3-2-4-6-11/h2-6,12H,7-10,14H2,1H3,(H,16,17). The molecule has 0 saturated carbocycles. The van der Waals surface area contributed by atoms with Crippen LogP contribution in [0, 0.1) is 0 Å². The molecule has 0 aliphatic carbocycles. The van der Waals surface area contributed by atoms with Gasteiger partial charge in [0, 0.05) is 6.54 Å². The molecule has 0 saturated heterocycles. The molecular weight excluding hydrogens is 216 g/mol. The van der Waals surface area contributed by atoms with Gasteiger partial charge in [-0.3, -0.25) is 9.69 Å². The number of carboxylic acids is 1. The first-order valence-electron chi connectivity index (χ1n) is 5.82. The van der Waals surface area contributed by atoms with E-state index in [4.69, 9.17) is 10.8 Å². The van der Waals surface area contributed by atoms with E-state index in [2.05, 4.69) is 0 Å². The Morgan fingerprint density at radius 2 is 2.06 bits per heavy atom. The summed E-state index contributed by atoms with van der Waals surface area (Å²) in [4.78, 5) is 12.9. The van der Waals surface area contributed by atoms with Crippen molar-refractivity contribution in [3.05, 3.63) is 35.9 Å². The third kappa shape index (κ3) is 4.54. The topological polar surface area (TPSA) is 66.6 Å². The van der Waals surface area contributed by atoms with Crippen molar-refractivity contribution in [1.29, 1.82) is 0 Å². The minimum atomic E-state index is -0.800. The summed E-state index contributed by atoms with van der Waals surface area (Å²) in [7, 11) is 1.83. The Kier molecular flexibility index (Phi) is 5.66. The quantitative estimate of drug-likeness (QED) is 0.740. The van der Waals surface area contributed by atoms with Crippen molar-refractivity contribution in [1.82, 2.24) is 4.90 Å². The van der Waals surface area contributed by atoms with Crippen LogP contribution >= 0.6 is 0 Å². The fourth-order valence-electron chi connectivity index (χ4n) is 1.80. The van der Waals surface area contributed by atoms with Gasteiger partial charge in [-0.2, -0.15) is 0 Å². The van der Waals surface area contributed by atoms with Gasteiger partial charge >= 0.3 is 5.97 Å². The highest BCUT2D eigenvalue weighted by Crippen LogP contribution is 2.05. The summed E-state index contributed by atoms with van der Waals surface area (Å²) in [6, 6.07) is 9.57. The van der Waals surface area contributed by atoms with E-state index < -0.39 is 12.0 Å². The lowest BCUT2D eigenvalue weighted by Gasteiger charge is -2.24. The van der Waals surface area contributed by atoms with E-state index in [-0.39, 0.29) is 0 Å². The van der Waals surface area contributed by atoms with Crippen LogP contribution in [0.2, 0.25) is 0 Å². The summed E-state index contributed by atoms with van der Waals surface area (Å²) in [5.41, 5.74) is 6.64. The molecule has 0 aliphatic heterocycles. The molecule has 0 aliphatic rings. The van der Waals surface area contributed by atoms with Gasteiger partial charge in [0.15, 0.2) is 0 Å². The smallest absolute Gasteiger partial charge is 0.320 e. The largest absolute Gasteiger partial charge is 0.480 e. The van der Waals surface area contributed by atoms with Gasteiger partial charge in [0.1, 0.15) is 6.04 Å². The monoisotopic (exact) mass is 236 g/mol. The summed E-state index contributed by atoms with van der Waals surface area (Å²) in [5, 5.41) is 9.07. The van der Waals surface area contributed by atoms with E-state index >= 15 is 0 Å². The van der Waals surface area contributed by atoms with Crippen molar-refractivity contribution >= 4 is 5.97 Å². The molecule has 0 amide bonds. The third-order valence-corrected chi connectivity index (χ3v) is 2.85. The summed E-state index contributed by atoms with van der Waals surface area (Å²) >= 11 is 0. The molecule has 0 spiro atoms. The van der Waals surface area contributed by atoms with Crippen molar-refractivity contribution in [2.75, 3.05) is 20.1 Å². The Morgan fingerprint density at radius 1 is 1.41 bits per heavy atom. The van der Waals surface area contributed by atoms with Gasteiger partial charge in [0.25, 0.3) is 0 Å². The molecule has 1 aromatic rings. The first-order valence-corrected chi connectivity index (χ1v) is 5.82. The lowest BCUT2D eigenvalue weighted by atomic mass is 10.1. The third-order valence-electron chi connectivity index (χ3n) is 2.85. The fourth-order valence-corrected chi connectivity index (χ4v) is 1.80. The van der Waals surface area contributed by atoms with E-state index in [1.165, 1.54) is 5.56 Å². The van der Waals surface area contributed by atoms with Gasteiger partial charge in [-0.1, -0.05) is 30.3 Å². The van der Waals surface area contributed by atoms with Crippen molar-refractivity contribution < 1.29 is 9.90 Å². The van der Waals surface area contributed by atoms with Crippen LogP contribution in [-0.2, 0) is 11.2 Å². The number of likely N-dealkylation sites (N-methyl/N-ethyl adjacent to an activating group) is 1. The molecule has 4 nitrogen and oxygen atoms in total. The number of carbonyl (C=O) groups is 1. The molecule has 3 N–H and O–H groups in total. The SMILES string of the molecule is CN(CCc1ccccc1)C(CCN)C(=O)O. The fraction of sp³-hybridized carbons (Fsp3) is 0.462. The van der Waals surface area contributed by atoms with E-state index in [0.717, 1.165) is 13.0 Å². The minimum Gasteiger partial charge on any atom is -0.480 e. The van der Waals surface area contributed by atoms with Gasteiger partial charge in [0.2, 0.25) is 0 Å². The Labute approximate surface area is 102 Å². The van der Waals surface area contributed by atoms with Crippen molar-refractivity contribution in [3.63, 3.8) is 0 Å². The number of hydrogen-bond acceptors (Lipinski definition) is 3. The first kappa shape index (κ1) is 13.7. The molecule has 0 radical (unpaired) electrons. The zero-order valence-electron chi connectivity index (χ0n) is 10.2. The second kappa shape index (κ2) is 7.04. The number of rotatable bonds is 7. The molecular formula is C13H20N2O2. The Hall–Kier alpha value is -1.39. The van der Waals surface area contributed by atoms with Crippen molar-refractivity contribution in [3.8, 4) is 0 Å². The van der Waals surface area contributed by atoms with E-state index in [1.54, 1.807) is 0 Å². The highest BCUT2D eigenvalue weighted by atomic mass is 16.4. The molecule has 1 unspecified atom stereocenters. The number of carboxylic acid groups (broad SMARTS) is 1. The summed E-state index contributed by atoms with van der Waals surface area (Å²) < 4.78 is 0. The zero-order valence-corrected chi connectivity index (χ0v) is 10.2. The first-order chi connectivity index (χ1) is 8.15. The Morgan fingerprint density at radius 3 is 2.59 bits per heavy atom. The Bertz CT molecular complexity index is 341. The predicted octanol–water partition coefficient (Wildman–Crippen LogP) is 0.963. The van der Waals surface area contributed by atoms with E-state index in [9.17, 15) is 4.79 Å². The summed E-state index contributed by atoms with van der Waals surface area (Å²) in [6.45, 7) is 1.12. The average Bonchev–Trinajstić information content (AvgIpc) is 2.34. The lowest BCUT2D eigenvalue weighted by molar-refractivity contribution is -0.142. The molecule has 0 fully saturated rings. The number of aliphatic carboxylic acids is 1. The number of benzene rings is 1. The van der Waals surface area contributed by atoms with Gasteiger partial charge in [0.05, 0.1) is 0 Å². The molecule has 94 valence electrons. The molecule has 1 aromatic carbocycles. The van der Waals surface area contributed by atoms with Gasteiger partial charge in [-0.15, -0.1) is 0 Å². The summed E-state index contributed by atoms with van der Waals surface area (Å²) in [6.07, 6.45) is 1.34. The molecule has 0 bridgehead atoms. The second-order valence-corrected chi connectivity index (χ2v) is 4.15. The van der Waals surface area contributed by atoms with E-state index in [0.29, 0.717) is 13.0 Å². The van der Waals surface area contributed by atoms with Crippen LogP contribution in [0.5, 0.6) is 0 Å². The highest BCUT2D eigenvalue weighted by Gasteiger charge is 2.20. The highest BCUT2D eigenvalue weighted by molar-refractivity contribution is 5.73. The maximum absolute atomic E-state index is 11.0. The normalized spacial score (nSPS) is 12.6. The zero-order chi connectivity index (χ0) is 12.7. The number of nitrogens with two attached hydrogens (primary N) is 1. The van der Waals surface area contributed by atoms with Crippen LogP contribution in [0.1, 0.15) is 12.0 Å². The predicted molar refractivity (Wildman–Crippen MR) is 67.9 cm³/mol. The van der Waals surface area contributed by atoms with Gasteiger partial charge < -0.3 is 10.8 Å². The molecule has 0 aromatic heterocycles. The second-order valence-electron chi connectivity index (χ2n) is 4.15. The average molecular weight is 236 g/mol. The molecule has 17 heavy (non-hydrogen) atoms. The van der Waals surface area contributed by atoms with Crippen LogP contribution in [0.3, 0.4) is 0 Å². The van der Waals surface area contributed by atoms with Crippen molar-refractivity contribution in [2.45, 2.75) is 18.9 Å². The minimum absolute atomic E-state index is 0.395. The van der Waals surface area contributed by atoms with Gasteiger partial charge in [-0.05, 0) is 32.0 Å². The van der Waals surface area contributed by atoms with E-state index in [1.807, 2.05) is 42.3 Å². The van der Waals surface area contributed by atoms with Crippen LogP contribution < -0.4 is 5.73 Å².